The number of para-hydroxylation sites is 2. The van der Waals surface area contributed by atoms with Gasteiger partial charge in [0.15, 0.2) is 0 Å². The summed E-state index contributed by atoms with van der Waals surface area (Å²) < 4.78 is 14.3. The summed E-state index contributed by atoms with van der Waals surface area (Å²) in [5, 5.41) is 16.2. The highest BCUT2D eigenvalue weighted by Gasteiger charge is 2.27. The minimum Gasteiger partial charge on any atom is -0.455 e. The first-order valence-electron chi connectivity index (χ1n) is 22.0. The second-order valence-corrected chi connectivity index (χ2v) is 17.0. The fourth-order valence-electron chi connectivity index (χ4n) is 11.0. The number of benzene rings is 12. The van der Waals surface area contributed by atoms with E-state index in [1.54, 1.807) is 0 Å². The van der Waals surface area contributed by atoms with Crippen LogP contribution in [0.25, 0.3) is 142 Å². The summed E-state index contributed by atoms with van der Waals surface area (Å²) in [5.41, 5.74) is 12.8. The van der Waals surface area contributed by atoms with Crippen molar-refractivity contribution in [1.82, 2.24) is 0 Å². The van der Waals surface area contributed by atoms with Gasteiger partial charge < -0.3 is 8.83 Å². The molecule has 14 rings (SSSR count). The van der Waals surface area contributed by atoms with Crippen molar-refractivity contribution in [2.45, 2.75) is 0 Å². The summed E-state index contributed by atoms with van der Waals surface area (Å²) in [6.07, 6.45) is 0. The molecule has 300 valence electrons. The Labute approximate surface area is 370 Å². The molecule has 0 bridgehead atoms. The van der Waals surface area contributed by atoms with E-state index in [-0.39, 0.29) is 2.85 Å². The number of furan rings is 2. The summed E-state index contributed by atoms with van der Waals surface area (Å²) in [7, 11) is 0. The van der Waals surface area contributed by atoms with Gasteiger partial charge in [0, 0.05) is 52.0 Å². The van der Waals surface area contributed by atoms with Crippen molar-refractivity contribution < 1.29 is 11.7 Å². The van der Waals surface area contributed by atoms with Crippen LogP contribution in [0.4, 0.5) is 0 Å². The van der Waals surface area contributed by atoms with E-state index in [0.717, 1.165) is 65.8 Å². The van der Waals surface area contributed by atoms with Crippen LogP contribution in [-0.4, -0.2) is 0 Å². The fourth-order valence-corrected chi connectivity index (χ4v) is 11.0. The predicted molar refractivity (Wildman–Crippen MR) is 274 cm³/mol. The van der Waals surface area contributed by atoms with Crippen LogP contribution >= 0.6 is 0 Å². The van der Waals surface area contributed by atoms with E-state index in [0.29, 0.717) is 0 Å². The van der Waals surface area contributed by atoms with Gasteiger partial charge in [-0.05, 0) is 95.0 Å². The standard InChI is InChI=1S/C62H36O2.2H2/c1-3-19-37(20-4-1)54-40-23-7-11-27-44(40)57(45-28-12-8-24-41(45)54)50-35-39-36-51(58-46-29-13-9-25-42(46)55(38-21-5-2-6-22-38)43-26-10-14-30-47(43)58)62-60(49-32-16-18-34-53(49)64-62)56(39)59-48-31-15-17-33-52(48)63-61(50)59;;/h1-36H;2*1H. The molecule has 0 spiro atoms. The molecule has 2 heterocycles. The molecule has 2 heteroatoms. The summed E-state index contributed by atoms with van der Waals surface area (Å²) in [6.45, 7) is 0. The molecule has 2 aromatic heterocycles. The molecular formula is C62H40O2. The third-order valence-corrected chi connectivity index (χ3v) is 13.6. The second-order valence-electron chi connectivity index (χ2n) is 17.0. The molecule has 0 saturated carbocycles. The first kappa shape index (κ1) is 35.2. The van der Waals surface area contributed by atoms with Gasteiger partial charge in [-0.1, -0.05) is 194 Å². The monoisotopic (exact) mass is 816 g/mol. The molecule has 0 amide bonds. The molecule has 0 aliphatic carbocycles. The summed E-state index contributed by atoms with van der Waals surface area (Å²) >= 11 is 0. The molecule has 0 aliphatic rings. The molecule has 14 aromatic rings. The number of rotatable bonds is 4. The molecule has 0 unspecified atom stereocenters. The van der Waals surface area contributed by atoms with E-state index in [1.165, 1.54) is 76.5 Å². The van der Waals surface area contributed by atoms with Crippen molar-refractivity contribution in [3.8, 4) is 44.5 Å². The Morgan fingerprint density at radius 1 is 0.250 bits per heavy atom. The minimum absolute atomic E-state index is 0. The molecule has 12 aromatic carbocycles. The molecule has 64 heavy (non-hydrogen) atoms. The van der Waals surface area contributed by atoms with Crippen molar-refractivity contribution in [2.75, 3.05) is 0 Å². The first-order chi connectivity index (χ1) is 31.8. The maximum atomic E-state index is 7.15. The molecule has 0 aliphatic heterocycles. The van der Waals surface area contributed by atoms with Gasteiger partial charge in [-0.2, -0.15) is 0 Å². The lowest BCUT2D eigenvalue weighted by atomic mass is 9.83. The zero-order valence-corrected chi connectivity index (χ0v) is 34.6. The topological polar surface area (TPSA) is 26.3 Å². The molecule has 0 N–H and O–H groups in total. The zero-order chi connectivity index (χ0) is 41.9. The highest BCUT2D eigenvalue weighted by atomic mass is 16.3. The first-order valence-corrected chi connectivity index (χ1v) is 22.0. The maximum absolute atomic E-state index is 7.15. The van der Waals surface area contributed by atoms with E-state index in [9.17, 15) is 0 Å². The van der Waals surface area contributed by atoms with Crippen molar-refractivity contribution >= 4 is 97.7 Å². The van der Waals surface area contributed by atoms with E-state index in [1.807, 2.05) is 0 Å². The Kier molecular flexibility index (Phi) is 7.43. The minimum atomic E-state index is 0. The van der Waals surface area contributed by atoms with Crippen LogP contribution in [0.15, 0.2) is 227 Å². The van der Waals surface area contributed by atoms with Crippen LogP contribution in [0.2, 0.25) is 0 Å². The molecule has 2 nitrogen and oxygen atoms in total. The van der Waals surface area contributed by atoms with Gasteiger partial charge in [0.1, 0.15) is 22.3 Å². The molecule has 0 saturated heterocycles. The lowest BCUT2D eigenvalue weighted by Crippen LogP contribution is -1.93. The average Bonchev–Trinajstić information content (AvgIpc) is 3.95. The quantitative estimate of drug-likeness (QED) is 0.165. The van der Waals surface area contributed by atoms with E-state index in [4.69, 9.17) is 8.83 Å². The fraction of sp³-hybridized carbons (Fsp3) is 0. The van der Waals surface area contributed by atoms with E-state index >= 15 is 0 Å². The Morgan fingerprint density at radius 3 is 0.875 bits per heavy atom. The van der Waals surface area contributed by atoms with Crippen LogP contribution in [-0.2, 0) is 0 Å². The third-order valence-electron chi connectivity index (χ3n) is 13.6. The number of hydrogen-bond acceptors (Lipinski definition) is 2. The van der Waals surface area contributed by atoms with Crippen molar-refractivity contribution in [3.05, 3.63) is 218 Å². The Bertz CT molecular complexity index is 3860. The molecule has 0 fully saturated rings. The molecular weight excluding hydrogens is 777 g/mol. The van der Waals surface area contributed by atoms with Gasteiger partial charge in [-0.25, -0.2) is 0 Å². The van der Waals surface area contributed by atoms with Gasteiger partial charge in [0.25, 0.3) is 0 Å². The van der Waals surface area contributed by atoms with Gasteiger partial charge in [-0.15, -0.1) is 0 Å². The third kappa shape index (κ3) is 4.91. The Balaban J connectivity index is 0.00000228. The Hall–Kier alpha value is -8.46. The van der Waals surface area contributed by atoms with Crippen molar-refractivity contribution in [2.24, 2.45) is 0 Å². The molecule has 0 radical (unpaired) electrons. The SMILES string of the molecule is [HH].[HH].c1ccc(-c2c3ccccc3c(-c3cc4cc(-c5c6ccccc6c(-c6ccccc6)c6ccccc56)c5oc6ccccc6c5c4c4c3oc3ccccc34)c3ccccc23)cc1. The lowest BCUT2D eigenvalue weighted by molar-refractivity contribution is 0.670. The average molecular weight is 817 g/mol. The maximum Gasteiger partial charge on any atom is 0.143 e. The summed E-state index contributed by atoms with van der Waals surface area (Å²) in [6, 6.07) is 79.0. The van der Waals surface area contributed by atoms with Crippen LogP contribution in [0.1, 0.15) is 2.85 Å². The lowest BCUT2D eigenvalue weighted by Gasteiger charge is -2.20. The zero-order valence-electron chi connectivity index (χ0n) is 34.6. The highest BCUT2D eigenvalue weighted by molar-refractivity contribution is 6.37. The normalized spacial score (nSPS) is 12.1. The predicted octanol–water partition coefficient (Wildman–Crippen LogP) is 18.4. The smallest absolute Gasteiger partial charge is 0.143 e. The van der Waals surface area contributed by atoms with Gasteiger partial charge in [-0.3, -0.25) is 0 Å². The van der Waals surface area contributed by atoms with E-state index < -0.39 is 0 Å². The second kappa shape index (κ2) is 13.5. The van der Waals surface area contributed by atoms with Crippen LogP contribution in [0.3, 0.4) is 0 Å². The Morgan fingerprint density at radius 2 is 0.531 bits per heavy atom. The summed E-state index contributed by atoms with van der Waals surface area (Å²) in [4.78, 5) is 0. The summed E-state index contributed by atoms with van der Waals surface area (Å²) in [5.74, 6) is 0. The van der Waals surface area contributed by atoms with Crippen molar-refractivity contribution in [3.63, 3.8) is 0 Å². The van der Waals surface area contributed by atoms with E-state index in [2.05, 4.69) is 218 Å². The van der Waals surface area contributed by atoms with Crippen molar-refractivity contribution in [1.29, 1.82) is 0 Å². The van der Waals surface area contributed by atoms with Crippen LogP contribution < -0.4 is 0 Å². The van der Waals surface area contributed by atoms with Gasteiger partial charge in [0.05, 0.1) is 0 Å². The highest BCUT2D eigenvalue weighted by Crippen LogP contribution is 2.53. The van der Waals surface area contributed by atoms with Gasteiger partial charge in [0.2, 0.25) is 0 Å². The van der Waals surface area contributed by atoms with Crippen LogP contribution in [0, 0.1) is 0 Å². The number of fused-ring (bicyclic) bond motifs is 13. The molecule has 0 atom stereocenters. The largest absolute Gasteiger partial charge is 0.455 e. The number of hydrogen-bond donors (Lipinski definition) is 0. The van der Waals surface area contributed by atoms with Crippen LogP contribution in [0.5, 0.6) is 0 Å². The van der Waals surface area contributed by atoms with Gasteiger partial charge >= 0.3 is 0 Å².